The smallest absolute Gasteiger partial charge is 0.227 e. The van der Waals surface area contributed by atoms with E-state index >= 15 is 0 Å². The van der Waals surface area contributed by atoms with Crippen LogP contribution >= 0.6 is 0 Å². The normalized spacial score (nSPS) is 11.2. The summed E-state index contributed by atoms with van der Waals surface area (Å²) in [7, 11) is 2.06. The number of carbonyl (C=O) groups excluding carboxylic acids is 1. The van der Waals surface area contributed by atoms with E-state index < -0.39 is 0 Å². The maximum absolute atomic E-state index is 11.9. The first-order valence-corrected chi connectivity index (χ1v) is 5.06. The van der Waals surface area contributed by atoms with E-state index in [0.717, 1.165) is 19.4 Å². The van der Waals surface area contributed by atoms with Gasteiger partial charge in [0.25, 0.3) is 0 Å². The molecule has 75 valence electrons. The van der Waals surface area contributed by atoms with Crippen LogP contribution in [0.15, 0.2) is 0 Å². The van der Waals surface area contributed by atoms with Gasteiger partial charge in [-0.1, -0.05) is 27.0 Å². The molecule has 3 heteroatoms. The second kappa shape index (κ2) is 5.30. The van der Waals surface area contributed by atoms with Crippen LogP contribution in [0.3, 0.4) is 0 Å². The molecule has 0 N–H and O–H groups in total. The van der Waals surface area contributed by atoms with E-state index in [9.17, 15) is 4.79 Å². The van der Waals surface area contributed by atoms with E-state index in [1.54, 1.807) is 0 Å². The molecule has 0 saturated heterocycles. The summed E-state index contributed by atoms with van der Waals surface area (Å²) in [6.07, 6.45) is 0.850. The highest BCUT2D eigenvalue weighted by molar-refractivity contribution is 6.34. The van der Waals surface area contributed by atoms with E-state index in [1.807, 2.05) is 39.4 Å². The van der Waals surface area contributed by atoms with Crippen LogP contribution in [0.5, 0.6) is 0 Å². The molecule has 1 radical (unpaired) electrons. The molecule has 0 bridgehead atoms. The van der Waals surface area contributed by atoms with Gasteiger partial charge < -0.3 is 4.90 Å². The Balaban J connectivity index is 4.36. The second-order valence-corrected chi connectivity index (χ2v) is 3.97. The first-order chi connectivity index (χ1) is 5.99. The van der Waals surface area contributed by atoms with E-state index in [4.69, 9.17) is 0 Å². The lowest BCUT2D eigenvalue weighted by molar-refractivity contribution is -0.138. The van der Waals surface area contributed by atoms with Crippen LogP contribution in [0.4, 0.5) is 0 Å². The molecular weight excluding hydrogens is 161 g/mol. The van der Waals surface area contributed by atoms with Crippen LogP contribution in [0.2, 0.25) is 13.1 Å². The van der Waals surface area contributed by atoms with Crippen LogP contribution in [-0.2, 0) is 4.79 Å². The van der Waals surface area contributed by atoms with Gasteiger partial charge in [-0.15, -0.1) is 0 Å². The average molecular weight is 182 g/mol. The first kappa shape index (κ1) is 12.5. The lowest BCUT2D eigenvalue weighted by Gasteiger charge is -2.30. The van der Waals surface area contributed by atoms with Crippen LogP contribution in [0, 0.1) is 5.41 Å². The molecule has 0 aliphatic heterocycles. The van der Waals surface area contributed by atoms with Crippen molar-refractivity contribution < 1.29 is 4.79 Å². The fourth-order valence-electron chi connectivity index (χ4n) is 1.54. The Bertz CT molecular complexity index is 164. The van der Waals surface area contributed by atoms with Crippen LogP contribution < -0.4 is 0 Å². The van der Waals surface area contributed by atoms with Gasteiger partial charge in [-0.05, 0) is 13.8 Å². The van der Waals surface area contributed by atoms with Crippen LogP contribution in [-0.4, -0.2) is 31.2 Å². The summed E-state index contributed by atoms with van der Waals surface area (Å²) in [5, 5.41) is 0. The Kier molecular flexibility index (Phi) is 5.11. The predicted octanol–water partition coefficient (Wildman–Crippen LogP) is 2.05. The molecule has 0 aromatic carbocycles. The lowest BCUT2D eigenvalue weighted by atomic mass is 9.65. The maximum Gasteiger partial charge on any atom is 0.227 e. The van der Waals surface area contributed by atoms with Gasteiger partial charge in [0.1, 0.15) is 7.28 Å². The van der Waals surface area contributed by atoms with Crippen molar-refractivity contribution in [3.05, 3.63) is 0 Å². The molecule has 0 spiro atoms. The van der Waals surface area contributed by atoms with Crippen molar-refractivity contribution in [1.29, 1.82) is 0 Å². The van der Waals surface area contributed by atoms with Crippen molar-refractivity contribution >= 4 is 13.2 Å². The first-order valence-electron chi connectivity index (χ1n) is 5.06. The van der Waals surface area contributed by atoms with E-state index in [0.29, 0.717) is 0 Å². The number of nitrogens with zero attached hydrogens (tertiary/aromatic N) is 1. The van der Waals surface area contributed by atoms with Crippen LogP contribution in [0.1, 0.15) is 27.7 Å². The Labute approximate surface area is 82.9 Å². The third-order valence-corrected chi connectivity index (χ3v) is 2.34. The summed E-state index contributed by atoms with van der Waals surface area (Å²) < 4.78 is 0. The Morgan fingerprint density at radius 1 is 1.31 bits per heavy atom. The number of hydrogen-bond donors (Lipinski definition) is 0. The molecule has 0 aromatic rings. The standard InChI is InChI=1S/C10H21BNO/c1-6-12(7-2)9(13)10(3,4)8-11-5/h6-8H2,1-5H3. The van der Waals surface area contributed by atoms with Gasteiger partial charge in [-0.25, -0.2) is 0 Å². The highest BCUT2D eigenvalue weighted by Gasteiger charge is 2.29. The number of amides is 1. The van der Waals surface area contributed by atoms with Crippen molar-refractivity contribution in [2.45, 2.75) is 40.8 Å². The highest BCUT2D eigenvalue weighted by atomic mass is 16.2. The minimum atomic E-state index is -0.235. The van der Waals surface area contributed by atoms with E-state index in [-0.39, 0.29) is 11.3 Å². The Morgan fingerprint density at radius 2 is 1.77 bits per heavy atom. The molecule has 0 fully saturated rings. The van der Waals surface area contributed by atoms with Gasteiger partial charge in [-0.3, -0.25) is 4.79 Å². The molecule has 0 rings (SSSR count). The largest absolute Gasteiger partial charge is 0.343 e. The summed E-state index contributed by atoms with van der Waals surface area (Å²) >= 11 is 0. The molecule has 0 atom stereocenters. The molecule has 13 heavy (non-hydrogen) atoms. The molecule has 2 nitrogen and oxygen atoms in total. The summed E-state index contributed by atoms with van der Waals surface area (Å²) in [6.45, 7) is 11.7. The molecule has 0 heterocycles. The Morgan fingerprint density at radius 3 is 2.08 bits per heavy atom. The van der Waals surface area contributed by atoms with Crippen molar-refractivity contribution in [2.24, 2.45) is 5.41 Å². The van der Waals surface area contributed by atoms with Gasteiger partial charge in [0.2, 0.25) is 5.91 Å². The number of hydrogen-bond acceptors (Lipinski definition) is 1. The van der Waals surface area contributed by atoms with Gasteiger partial charge >= 0.3 is 0 Å². The van der Waals surface area contributed by atoms with Crippen molar-refractivity contribution in [2.75, 3.05) is 13.1 Å². The zero-order valence-electron chi connectivity index (χ0n) is 9.55. The number of rotatable bonds is 5. The molecule has 1 amide bonds. The maximum atomic E-state index is 11.9. The fourth-order valence-corrected chi connectivity index (χ4v) is 1.54. The molecule has 0 aliphatic carbocycles. The zero-order valence-corrected chi connectivity index (χ0v) is 9.55. The van der Waals surface area contributed by atoms with Crippen molar-refractivity contribution in [3.63, 3.8) is 0 Å². The predicted molar refractivity (Wildman–Crippen MR) is 58.1 cm³/mol. The summed E-state index contributed by atoms with van der Waals surface area (Å²) in [5.74, 6) is 0.260. The lowest BCUT2D eigenvalue weighted by Crippen LogP contribution is -2.40. The summed E-state index contributed by atoms with van der Waals surface area (Å²) in [6, 6.07) is 0. The summed E-state index contributed by atoms with van der Waals surface area (Å²) in [4.78, 5) is 13.8. The monoisotopic (exact) mass is 182 g/mol. The Hall–Kier alpha value is -0.465. The third-order valence-electron chi connectivity index (χ3n) is 2.34. The van der Waals surface area contributed by atoms with Crippen LogP contribution in [0.25, 0.3) is 0 Å². The SMILES string of the molecule is C[B]CC(C)(C)C(=O)N(CC)CC. The van der Waals surface area contributed by atoms with Crippen molar-refractivity contribution in [3.8, 4) is 0 Å². The molecular formula is C10H21BNO. The molecule has 0 saturated carbocycles. The minimum absolute atomic E-state index is 0.235. The van der Waals surface area contributed by atoms with Gasteiger partial charge in [0.05, 0.1) is 0 Å². The number of carbonyl (C=O) groups is 1. The van der Waals surface area contributed by atoms with Gasteiger partial charge in [-0.2, -0.15) is 0 Å². The molecule has 0 aromatic heterocycles. The van der Waals surface area contributed by atoms with Gasteiger partial charge in [0.15, 0.2) is 0 Å². The van der Waals surface area contributed by atoms with E-state index in [1.165, 1.54) is 0 Å². The average Bonchev–Trinajstić information content (AvgIpc) is 2.06. The van der Waals surface area contributed by atoms with E-state index in [2.05, 4.69) is 7.28 Å². The van der Waals surface area contributed by atoms with Crippen molar-refractivity contribution in [1.82, 2.24) is 4.90 Å². The second-order valence-electron chi connectivity index (χ2n) is 3.97. The quantitative estimate of drug-likeness (QED) is 0.596. The fraction of sp³-hybridized carbons (Fsp3) is 0.900. The third kappa shape index (κ3) is 3.41. The summed E-state index contributed by atoms with van der Waals surface area (Å²) in [5.41, 5.74) is -0.235. The zero-order chi connectivity index (χ0) is 10.5. The highest BCUT2D eigenvalue weighted by Crippen LogP contribution is 2.23. The molecule has 0 aliphatic rings. The topological polar surface area (TPSA) is 20.3 Å². The minimum Gasteiger partial charge on any atom is -0.343 e. The van der Waals surface area contributed by atoms with Gasteiger partial charge in [0, 0.05) is 18.5 Å². The molecule has 0 unspecified atom stereocenters.